The Labute approximate surface area is 177 Å². The molecule has 0 unspecified atom stereocenters. The third kappa shape index (κ3) is 3.94. The molecule has 0 spiro atoms. The van der Waals surface area contributed by atoms with Crippen molar-refractivity contribution in [3.8, 4) is 5.75 Å². The molecular formula is C24H29N3O3. The lowest BCUT2D eigenvalue weighted by molar-refractivity contribution is -0.126. The van der Waals surface area contributed by atoms with Crippen LogP contribution in [0.3, 0.4) is 0 Å². The number of rotatable bonds is 5. The molecule has 1 aromatic carbocycles. The molecule has 158 valence electrons. The van der Waals surface area contributed by atoms with Crippen LogP contribution in [0, 0.1) is 17.8 Å². The number of para-hydroxylation sites is 1. The van der Waals surface area contributed by atoms with E-state index in [1.54, 1.807) is 6.20 Å². The fraction of sp³-hybridized carbons (Fsp3) is 0.500. The summed E-state index contributed by atoms with van der Waals surface area (Å²) in [6.07, 6.45) is 3.96. The van der Waals surface area contributed by atoms with Crippen LogP contribution >= 0.6 is 0 Å². The summed E-state index contributed by atoms with van der Waals surface area (Å²) in [5, 5.41) is 3.12. The summed E-state index contributed by atoms with van der Waals surface area (Å²) in [4.78, 5) is 20.0. The van der Waals surface area contributed by atoms with E-state index < -0.39 is 0 Å². The topological polar surface area (TPSA) is 63.7 Å². The smallest absolute Gasteiger partial charge is 0.225 e. The van der Waals surface area contributed by atoms with Gasteiger partial charge < -0.3 is 14.8 Å². The molecule has 3 atom stereocenters. The van der Waals surface area contributed by atoms with Crippen LogP contribution in [0.5, 0.6) is 5.75 Å². The number of ether oxygens (including phenoxy) is 2. The maximum Gasteiger partial charge on any atom is 0.225 e. The molecule has 3 aliphatic rings. The van der Waals surface area contributed by atoms with Crippen molar-refractivity contribution in [2.75, 3.05) is 32.9 Å². The lowest BCUT2D eigenvalue weighted by Crippen LogP contribution is -2.38. The average molecular weight is 408 g/mol. The van der Waals surface area contributed by atoms with Gasteiger partial charge in [0.1, 0.15) is 5.75 Å². The van der Waals surface area contributed by atoms with Gasteiger partial charge in [0.25, 0.3) is 0 Å². The molecule has 2 aromatic rings. The third-order valence-electron chi connectivity index (χ3n) is 6.76. The number of nitrogens with one attached hydrogen (secondary N) is 1. The van der Waals surface area contributed by atoms with Gasteiger partial charge in [-0.25, -0.2) is 0 Å². The van der Waals surface area contributed by atoms with E-state index in [9.17, 15) is 4.79 Å². The molecule has 0 bridgehead atoms. The number of carbonyl (C=O) groups is 1. The largest absolute Gasteiger partial charge is 0.493 e. The molecule has 6 heteroatoms. The van der Waals surface area contributed by atoms with E-state index in [2.05, 4.69) is 27.3 Å². The van der Waals surface area contributed by atoms with Crippen LogP contribution in [0.15, 0.2) is 48.7 Å². The zero-order valence-electron chi connectivity index (χ0n) is 17.2. The van der Waals surface area contributed by atoms with E-state index in [0.29, 0.717) is 19.1 Å². The van der Waals surface area contributed by atoms with Crippen LogP contribution in [0.4, 0.5) is 0 Å². The molecule has 0 saturated carbocycles. The van der Waals surface area contributed by atoms with Gasteiger partial charge in [-0.05, 0) is 37.0 Å². The van der Waals surface area contributed by atoms with E-state index >= 15 is 0 Å². The molecule has 2 saturated heterocycles. The first-order valence-electron chi connectivity index (χ1n) is 11.0. The number of pyridine rings is 1. The zero-order chi connectivity index (χ0) is 20.3. The third-order valence-corrected chi connectivity index (χ3v) is 6.76. The van der Waals surface area contributed by atoms with E-state index in [4.69, 9.17) is 9.47 Å². The van der Waals surface area contributed by atoms with Crippen LogP contribution in [0.2, 0.25) is 0 Å². The predicted molar refractivity (Wildman–Crippen MR) is 113 cm³/mol. The molecular weight excluding hydrogens is 378 g/mol. The van der Waals surface area contributed by atoms with Crippen molar-refractivity contribution in [2.45, 2.75) is 25.4 Å². The first-order chi connectivity index (χ1) is 14.8. The highest BCUT2D eigenvalue weighted by Crippen LogP contribution is 2.47. The molecule has 30 heavy (non-hydrogen) atoms. The Hall–Kier alpha value is -2.44. The summed E-state index contributed by atoms with van der Waals surface area (Å²) in [6.45, 7) is 4.54. The number of hydrogen-bond acceptors (Lipinski definition) is 5. The quantitative estimate of drug-likeness (QED) is 0.826. The summed E-state index contributed by atoms with van der Waals surface area (Å²) in [5.74, 6) is 1.79. The molecule has 4 heterocycles. The highest BCUT2D eigenvalue weighted by molar-refractivity contribution is 5.80. The van der Waals surface area contributed by atoms with Gasteiger partial charge in [-0.3, -0.25) is 14.7 Å². The second-order valence-corrected chi connectivity index (χ2v) is 8.61. The van der Waals surface area contributed by atoms with Crippen LogP contribution in [-0.2, 0) is 16.1 Å². The Kier molecular flexibility index (Phi) is 5.69. The van der Waals surface area contributed by atoms with Crippen molar-refractivity contribution >= 4 is 5.91 Å². The van der Waals surface area contributed by atoms with Gasteiger partial charge in [-0.15, -0.1) is 0 Å². The minimum atomic E-state index is -0.0769. The number of carbonyl (C=O) groups excluding carboxylic acids is 1. The lowest BCUT2D eigenvalue weighted by atomic mass is 9.84. The van der Waals surface area contributed by atoms with Crippen LogP contribution in [0.1, 0.15) is 30.1 Å². The molecule has 2 fully saturated rings. The van der Waals surface area contributed by atoms with Crippen molar-refractivity contribution in [3.63, 3.8) is 0 Å². The maximum absolute atomic E-state index is 13.2. The molecule has 1 amide bonds. The van der Waals surface area contributed by atoms with Crippen LogP contribution in [-0.4, -0.2) is 48.7 Å². The molecule has 6 nitrogen and oxygen atoms in total. The molecule has 3 aliphatic heterocycles. The fourth-order valence-electron chi connectivity index (χ4n) is 5.21. The Balaban J connectivity index is 1.34. The average Bonchev–Trinajstić information content (AvgIpc) is 3.18. The zero-order valence-corrected chi connectivity index (χ0v) is 17.2. The van der Waals surface area contributed by atoms with Gasteiger partial charge in [0.15, 0.2) is 0 Å². The van der Waals surface area contributed by atoms with E-state index in [1.807, 2.05) is 30.3 Å². The van der Waals surface area contributed by atoms with Gasteiger partial charge in [-0.2, -0.15) is 0 Å². The van der Waals surface area contributed by atoms with Crippen molar-refractivity contribution in [1.82, 2.24) is 15.2 Å². The number of amides is 1. The fourth-order valence-corrected chi connectivity index (χ4v) is 5.21. The summed E-state index contributed by atoms with van der Waals surface area (Å²) in [7, 11) is 0. The number of nitrogens with zero attached hydrogens (tertiary/aromatic N) is 2. The summed E-state index contributed by atoms with van der Waals surface area (Å²) >= 11 is 0. The number of fused-ring (bicyclic) bond motifs is 3. The number of likely N-dealkylation sites (tertiary alicyclic amines) is 1. The van der Waals surface area contributed by atoms with Gasteiger partial charge >= 0.3 is 0 Å². The van der Waals surface area contributed by atoms with Gasteiger partial charge in [0.05, 0.1) is 24.8 Å². The Bertz CT molecular complexity index is 869. The summed E-state index contributed by atoms with van der Waals surface area (Å²) < 4.78 is 11.6. The Morgan fingerprint density at radius 3 is 2.80 bits per heavy atom. The highest BCUT2D eigenvalue weighted by atomic mass is 16.5. The van der Waals surface area contributed by atoms with Gasteiger partial charge in [-0.1, -0.05) is 24.3 Å². The Morgan fingerprint density at radius 1 is 1.13 bits per heavy atom. The van der Waals surface area contributed by atoms with Crippen molar-refractivity contribution < 1.29 is 14.3 Å². The second kappa shape index (κ2) is 8.74. The van der Waals surface area contributed by atoms with E-state index in [-0.39, 0.29) is 23.8 Å². The normalized spacial score (nSPS) is 26.5. The highest BCUT2D eigenvalue weighted by Gasteiger charge is 2.49. The van der Waals surface area contributed by atoms with Crippen molar-refractivity contribution in [2.24, 2.45) is 17.8 Å². The summed E-state index contributed by atoms with van der Waals surface area (Å²) in [6, 6.07) is 14.3. The maximum atomic E-state index is 13.2. The molecule has 1 N–H and O–H groups in total. The molecule has 0 radical (unpaired) electrons. The van der Waals surface area contributed by atoms with Crippen molar-refractivity contribution in [1.29, 1.82) is 0 Å². The van der Waals surface area contributed by atoms with Crippen molar-refractivity contribution in [3.05, 3.63) is 59.9 Å². The van der Waals surface area contributed by atoms with Crippen LogP contribution < -0.4 is 10.1 Å². The van der Waals surface area contributed by atoms with E-state index in [1.165, 1.54) is 5.56 Å². The van der Waals surface area contributed by atoms with Crippen LogP contribution in [0.25, 0.3) is 0 Å². The first-order valence-corrected chi connectivity index (χ1v) is 11.0. The molecule has 5 rings (SSSR count). The predicted octanol–water partition coefficient (Wildman–Crippen LogP) is 2.81. The minimum absolute atomic E-state index is 0.0769. The lowest BCUT2D eigenvalue weighted by Gasteiger charge is -2.36. The van der Waals surface area contributed by atoms with E-state index in [0.717, 1.165) is 50.6 Å². The minimum Gasteiger partial charge on any atom is -0.493 e. The SMILES string of the molecule is O=C(NCc1ccccn1)[C@@H]1CN(CC2CCOCC2)[C@H]2c3ccccc3OC[C@@H]12. The monoisotopic (exact) mass is 407 g/mol. The number of aromatic nitrogens is 1. The molecule has 1 aromatic heterocycles. The Morgan fingerprint density at radius 2 is 1.97 bits per heavy atom. The second-order valence-electron chi connectivity index (χ2n) is 8.61. The first kappa shape index (κ1) is 19.5. The van der Waals surface area contributed by atoms with Gasteiger partial charge in [0.2, 0.25) is 5.91 Å². The number of hydrogen-bond donors (Lipinski definition) is 1. The number of benzene rings is 1. The van der Waals surface area contributed by atoms with Gasteiger partial charge in [0, 0.05) is 50.0 Å². The standard InChI is InChI=1S/C24H29N3O3/c28-24(26-13-18-5-3-4-10-25-18)20-15-27(14-17-8-11-29-12-9-17)23-19-6-1-2-7-22(19)30-16-21(20)23/h1-7,10,17,20-21,23H,8-9,11-16H2,(H,26,28)/t20-,21+,23+/m1/s1. The summed E-state index contributed by atoms with van der Waals surface area (Å²) in [5.41, 5.74) is 2.10. The molecule has 0 aliphatic carbocycles.